The quantitative estimate of drug-likeness (QED) is 0.580. The molecule has 0 bridgehead atoms. The second-order valence-electron chi connectivity index (χ2n) is 3.70. The van der Waals surface area contributed by atoms with E-state index in [9.17, 15) is 4.79 Å². The van der Waals surface area contributed by atoms with Crippen molar-refractivity contribution in [2.24, 2.45) is 0 Å². The smallest absolute Gasteiger partial charge is 0.312 e. The van der Waals surface area contributed by atoms with E-state index >= 15 is 0 Å². The highest BCUT2D eigenvalue weighted by Crippen LogP contribution is 2.20. The number of carbonyl (C=O) groups is 1. The van der Waals surface area contributed by atoms with Crippen LogP contribution < -0.4 is 0 Å². The molecule has 0 radical (unpaired) electrons. The average molecular weight is 211 g/mol. The highest BCUT2D eigenvalue weighted by molar-refractivity contribution is 5.95. The Morgan fingerprint density at radius 1 is 1.40 bits per heavy atom. The lowest BCUT2D eigenvalue weighted by molar-refractivity contribution is 0.0969. The largest absolute Gasteiger partial charge is 0.479 e. The van der Waals surface area contributed by atoms with Crippen molar-refractivity contribution >= 4 is 5.78 Å². The molecule has 0 saturated heterocycles. The molecule has 1 rings (SSSR count). The summed E-state index contributed by atoms with van der Waals surface area (Å²) < 4.78 is 4.53. The number of ketones is 1. The van der Waals surface area contributed by atoms with Gasteiger partial charge in [-0.2, -0.15) is 0 Å². The van der Waals surface area contributed by atoms with Gasteiger partial charge in [-0.3, -0.25) is 4.79 Å². The minimum atomic E-state index is -0.257. The van der Waals surface area contributed by atoms with E-state index in [-0.39, 0.29) is 17.4 Å². The van der Waals surface area contributed by atoms with Gasteiger partial charge in [-0.25, -0.2) is 0 Å². The molecule has 0 unspecified atom stereocenters. The summed E-state index contributed by atoms with van der Waals surface area (Å²) in [5.74, 6) is -0.306. The van der Waals surface area contributed by atoms with Gasteiger partial charge in [0.25, 0.3) is 0 Å². The number of aromatic hydroxyl groups is 1. The molecule has 0 atom stereocenters. The Labute approximate surface area is 89.3 Å². The van der Waals surface area contributed by atoms with Crippen LogP contribution in [0.2, 0.25) is 0 Å². The molecule has 0 spiro atoms. The van der Waals surface area contributed by atoms with Crippen molar-refractivity contribution in [3.63, 3.8) is 0 Å². The summed E-state index contributed by atoms with van der Waals surface area (Å²) in [7, 11) is 0. The normalized spacial score (nSPS) is 10.5. The van der Waals surface area contributed by atoms with E-state index in [2.05, 4.69) is 16.6 Å². The summed E-state index contributed by atoms with van der Waals surface area (Å²) in [6.07, 6.45) is 4.71. The van der Waals surface area contributed by atoms with Crippen molar-refractivity contribution in [2.45, 2.75) is 46.0 Å². The molecule has 1 N–H and O–H groups in total. The molecule has 1 heterocycles. The fourth-order valence-electron chi connectivity index (χ4n) is 1.42. The first-order chi connectivity index (χ1) is 7.16. The van der Waals surface area contributed by atoms with Gasteiger partial charge < -0.3 is 9.63 Å². The topological polar surface area (TPSA) is 63.3 Å². The van der Waals surface area contributed by atoms with Crippen LogP contribution in [-0.2, 0) is 0 Å². The van der Waals surface area contributed by atoms with Crippen molar-refractivity contribution < 1.29 is 14.4 Å². The van der Waals surface area contributed by atoms with Crippen LogP contribution in [0, 0.1) is 6.92 Å². The molecule has 4 heteroatoms. The zero-order chi connectivity index (χ0) is 11.3. The highest BCUT2D eigenvalue weighted by Gasteiger charge is 2.17. The Morgan fingerprint density at radius 2 is 2.13 bits per heavy atom. The molecule has 1 aromatic heterocycles. The van der Waals surface area contributed by atoms with Crippen molar-refractivity contribution in [1.29, 1.82) is 0 Å². The van der Waals surface area contributed by atoms with E-state index in [4.69, 9.17) is 5.11 Å². The highest BCUT2D eigenvalue weighted by atomic mass is 16.5. The number of nitrogens with zero attached hydrogens (tertiary/aromatic N) is 1. The number of hydrogen-bond acceptors (Lipinski definition) is 4. The third kappa shape index (κ3) is 3.08. The minimum Gasteiger partial charge on any atom is -0.479 e. The molecule has 0 aliphatic rings. The number of rotatable bonds is 6. The first-order valence-electron chi connectivity index (χ1n) is 5.35. The van der Waals surface area contributed by atoms with Gasteiger partial charge >= 0.3 is 5.95 Å². The summed E-state index contributed by atoms with van der Waals surface area (Å²) in [5.41, 5.74) is 0.708. The summed E-state index contributed by atoms with van der Waals surface area (Å²) in [6, 6.07) is 0. The first-order valence-corrected chi connectivity index (χ1v) is 5.35. The molecule has 15 heavy (non-hydrogen) atoms. The molecule has 0 saturated carbocycles. The molecule has 0 amide bonds. The van der Waals surface area contributed by atoms with Crippen LogP contribution in [0.25, 0.3) is 0 Å². The molecular formula is C11H17NO3. The van der Waals surface area contributed by atoms with Gasteiger partial charge in [0.1, 0.15) is 0 Å². The van der Waals surface area contributed by atoms with E-state index < -0.39 is 0 Å². The summed E-state index contributed by atoms with van der Waals surface area (Å²) in [6.45, 7) is 3.76. The fourth-order valence-corrected chi connectivity index (χ4v) is 1.42. The monoisotopic (exact) mass is 211 g/mol. The van der Waals surface area contributed by atoms with Gasteiger partial charge in [0.05, 0.1) is 5.56 Å². The lowest BCUT2D eigenvalue weighted by Crippen LogP contribution is -2.01. The number of Topliss-reactive ketones (excluding diaryl/α,β-unsaturated/α-hetero) is 1. The molecule has 0 aromatic carbocycles. The predicted octanol–water partition coefficient (Wildman–Crippen LogP) is 2.84. The van der Waals surface area contributed by atoms with E-state index in [1.54, 1.807) is 6.92 Å². The maximum Gasteiger partial charge on any atom is 0.312 e. The zero-order valence-electron chi connectivity index (χ0n) is 9.25. The molecule has 0 aliphatic heterocycles. The van der Waals surface area contributed by atoms with Gasteiger partial charge in [0.2, 0.25) is 0 Å². The van der Waals surface area contributed by atoms with Crippen molar-refractivity contribution in [1.82, 2.24) is 5.16 Å². The molecule has 84 valence electrons. The summed E-state index contributed by atoms with van der Waals surface area (Å²) in [5, 5.41) is 12.7. The van der Waals surface area contributed by atoms with E-state index in [0.717, 1.165) is 25.7 Å². The van der Waals surface area contributed by atoms with Crippen LogP contribution in [0.3, 0.4) is 0 Å². The van der Waals surface area contributed by atoms with Gasteiger partial charge in [-0.1, -0.05) is 31.3 Å². The Balaban J connectivity index is 2.44. The van der Waals surface area contributed by atoms with Crippen LogP contribution in [-0.4, -0.2) is 16.0 Å². The molecule has 1 aromatic rings. The Kier molecular flexibility index (Phi) is 4.34. The Bertz CT molecular complexity index is 331. The number of unbranched alkanes of at least 4 members (excludes halogenated alkanes) is 3. The summed E-state index contributed by atoms with van der Waals surface area (Å²) in [4.78, 5) is 11.6. The average Bonchev–Trinajstić information content (AvgIpc) is 2.55. The van der Waals surface area contributed by atoms with Crippen molar-refractivity contribution in [2.75, 3.05) is 0 Å². The maximum absolute atomic E-state index is 11.6. The van der Waals surface area contributed by atoms with Gasteiger partial charge in [-0.05, 0) is 13.3 Å². The molecule has 0 fully saturated rings. The van der Waals surface area contributed by atoms with E-state index in [1.807, 2.05) is 0 Å². The third-order valence-corrected chi connectivity index (χ3v) is 2.42. The van der Waals surface area contributed by atoms with Gasteiger partial charge in [-0.15, -0.1) is 0 Å². The van der Waals surface area contributed by atoms with Gasteiger partial charge in [0, 0.05) is 6.42 Å². The van der Waals surface area contributed by atoms with Crippen LogP contribution in [0.15, 0.2) is 4.52 Å². The Morgan fingerprint density at radius 3 is 2.67 bits per heavy atom. The van der Waals surface area contributed by atoms with Crippen LogP contribution in [0.1, 0.15) is 55.1 Å². The number of hydrogen-bond donors (Lipinski definition) is 1. The van der Waals surface area contributed by atoms with Crippen molar-refractivity contribution in [3.8, 4) is 5.95 Å². The van der Waals surface area contributed by atoms with Crippen molar-refractivity contribution in [3.05, 3.63) is 11.3 Å². The molecule has 4 nitrogen and oxygen atoms in total. The van der Waals surface area contributed by atoms with Crippen LogP contribution in [0.5, 0.6) is 5.95 Å². The second-order valence-corrected chi connectivity index (χ2v) is 3.70. The minimum absolute atomic E-state index is 0.0485. The van der Waals surface area contributed by atoms with Crippen LogP contribution in [0.4, 0.5) is 0 Å². The van der Waals surface area contributed by atoms with Crippen LogP contribution >= 0.6 is 0 Å². The van der Waals surface area contributed by atoms with E-state index in [1.165, 1.54) is 0 Å². The second kappa shape index (κ2) is 5.53. The Hall–Kier alpha value is -1.32. The SMILES string of the molecule is CCCCCCC(=O)c1noc(O)c1C. The predicted molar refractivity (Wildman–Crippen MR) is 56.0 cm³/mol. The number of carbonyl (C=O) groups excluding carboxylic acids is 1. The maximum atomic E-state index is 11.6. The number of aromatic nitrogens is 1. The molecule has 0 aliphatic carbocycles. The standard InChI is InChI=1S/C11H17NO3/c1-3-4-5-6-7-9(13)10-8(2)11(14)15-12-10/h14H,3-7H2,1-2H3. The molecular weight excluding hydrogens is 194 g/mol. The van der Waals surface area contributed by atoms with Gasteiger partial charge in [0.15, 0.2) is 11.5 Å². The first kappa shape index (κ1) is 11.8. The summed E-state index contributed by atoms with van der Waals surface area (Å²) >= 11 is 0. The lowest BCUT2D eigenvalue weighted by Gasteiger charge is -1.97. The van der Waals surface area contributed by atoms with E-state index in [0.29, 0.717) is 12.0 Å². The lowest BCUT2D eigenvalue weighted by atomic mass is 10.1. The zero-order valence-corrected chi connectivity index (χ0v) is 9.25. The third-order valence-electron chi connectivity index (χ3n) is 2.42. The fraction of sp³-hybridized carbons (Fsp3) is 0.636.